The van der Waals surface area contributed by atoms with Gasteiger partial charge in [0.25, 0.3) is 0 Å². The van der Waals surface area contributed by atoms with Crippen LogP contribution in [0.5, 0.6) is 0 Å². The normalized spacial score (nSPS) is 14.8. The van der Waals surface area contributed by atoms with E-state index in [-0.39, 0.29) is 5.41 Å². The van der Waals surface area contributed by atoms with E-state index >= 15 is 0 Å². The van der Waals surface area contributed by atoms with Crippen molar-refractivity contribution in [3.05, 3.63) is 82.3 Å². The van der Waals surface area contributed by atoms with Crippen LogP contribution in [0.2, 0.25) is 0 Å². The summed E-state index contributed by atoms with van der Waals surface area (Å²) in [5.41, 5.74) is 5.75. The molecule has 1 heterocycles. The lowest BCUT2D eigenvalue weighted by Crippen LogP contribution is -2.14. The van der Waals surface area contributed by atoms with Gasteiger partial charge < -0.3 is 0 Å². The van der Waals surface area contributed by atoms with Crippen LogP contribution in [0, 0.1) is 0 Å². The molecule has 27 heavy (non-hydrogen) atoms. The molecule has 0 amide bonds. The molecule has 0 nitrogen and oxygen atoms in total. The van der Waals surface area contributed by atoms with Gasteiger partial charge in [0.2, 0.25) is 0 Å². The summed E-state index contributed by atoms with van der Waals surface area (Å²) < 4.78 is 4.00. The van der Waals surface area contributed by atoms with Gasteiger partial charge in [-0.3, -0.25) is 0 Å². The van der Waals surface area contributed by atoms with Gasteiger partial charge in [-0.1, -0.05) is 90.4 Å². The van der Waals surface area contributed by atoms with E-state index in [1.54, 1.807) is 0 Å². The van der Waals surface area contributed by atoms with E-state index in [0.717, 1.165) is 0 Å². The predicted octanol–water partition coefficient (Wildman–Crippen LogP) is 8.28. The van der Waals surface area contributed by atoms with Gasteiger partial charge in [-0.15, -0.1) is 11.3 Å². The fourth-order valence-corrected chi connectivity index (χ4v) is 6.96. The lowest BCUT2D eigenvalue weighted by Gasteiger charge is -2.22. The summed E-state index contributed by atoms with van der Waals surface area (Å²) in [4.78, 5) is 0. The third-order valence-corrected chi connectivity index (χ3v) is 8.04. The van der Waals surface area contributed by atoms with Crippen molar-refractivity contribution in [2.75, 3.05) is 0 Å². The number of hydrogen-bond donors (Lipinski definition) is 0. The fourth-order valence-electron chi connectivity index (χ4n) is 4.86. The standard InChI is InChI=1S/C25H17BrS/c1-25(2)20-10-6-5-7-14(20)16-11-12-18-19-13-21(26)15-8-3-4-9-17(15)23(19)27-24(18)22(16)25/h3-13H,1-2H3. The zero-order chi connectivity index (χ0) is 18.3. The SMILES string of the molecule is CC1(C)c2ccccc2-c2ccc3c(sc4c5ccccc5c(Br)cc34)c21. The van der Waals surface area contributed by atoms with Crippen LogP contribution in [0.4, 0.5) is 0 Å². The van der Waals surface area contributed by atoms with Crippen molar-refractivity contribution in [2.24, 2.45) is 0 Å². The Labute approximate surface area is 170 Å². The van der Waals surface area contributed by atoms with E-state index in [2.05, 4.69) is 96.5 Å². The van der Waals surface area contributed by atoms with Gasteiger partial charge >= 0.3 is 0 Å². The summed E-state index contributed by atoms with van der Waals surface area (Å²) in [5.74, 6) is 0. The highest BCUT2D eigenvalue weighted by Crippen LogP contribution is 2.54. The minimum Gasteiger partial charge on any atom is -0.134 e. The van der Waals surface area contributed by atoms with E-state index in [0.29, 0.717) is 0 Å². The van der Waals surface area contributed by atoms with Gasteiger partial charge in [-0.05, 0) is 33.7 Å². The van der Waals surface area contributed by atoms with E-state index < -0.39 is 0 Å². The van der Waals surface area contributed by atoms with E-state index in [1.165, 1.54) is 57.7 Å². The average molecular weight is 429 g/mol. The Balaban J connectivity index is 1.83. The Morgan fingerprint density at radius 2 is 1.41 bits per heavy atom. The largest absolute Gasteiger partial charge is 0.134 e. The molecule has 0 unspecified atom stereocenters. The highest BCUT2D eigenvalue weighted by molar-refractivity contribution is 9.10. The number of fused-ring (bicyclic) bond motifs is 9. The molecule has 1 aliphatic rings. The van der Waals surface area contributed by atoms with E-state index in [1.807, 2.05) is 11.3 Å². The van der Waals surface area contributed by atoms with Gasteiger partial charge in [0, 0.05) is 35.4 Å². The molecule has 0 N–H and O–H groups in total. The highest BCUT2D eigenvalue weighted by Gasteiger charge is 2.37. The van der Waals surface area contributed by atoms with Crippen LogP contribution < -0.4 is 0 Å². The second kappa shape index (κ2) is 5.21. The topological polar surface area (TPSA) is 0 Å². The lowest BCUT2D eigenvalue weighted by atomic mass is 9.82. The minimum absolute atomic E-state index is 0.0271. The number of benzene rings is 4. The zero-order valence-electron chi connectivity index (χ0n) is 15.1. The second-order valence-electron chi connectivity index (χ2n) is 7.92. The van der Waals surface area contributed by atoms with Crippen molar-refractivity contribution in [3.63, 3.8) is 0 Å². The minimum atomic E-state index is 0.0271. The zero-order valence-corrected chi connectivity index (χ0v) is 17.5. The van der Waals surface area contributed by atoms with E-state index in [9.17, 15) is 0 Å². The van der Waals surface area contributed by atoms with Gasteiger partial charge in [0.05, 0.1) is 0 Å². The van der Waals surface area contributed by atoms with Crippen molar-refractivity contribution < 1.29 is 0 Å². The Bertz CT molecular complexity index is 1400. The van der Waals surface area contributed by atoms with Crippen LogP contribution in [0.25, 0.3) is 42.1 Å². The lowest BCUT2D eigenvalue weighted by molar-refractivity contribution is 0.667. The molecule has 1 aliphatic carbocycles. The molecule has 0 fully saturated rings. The van der Waals surface area contributed by atoms with Gasteiger partial charge in [0.15, 0.2) is 0 Å². The average Bonchev–Trinajstić information content (AvgIpc) is 3.16. The summed E-state index contributed by atoms with van der Waals surface area (Å²) in [6.45, 7) is 4.74. The molecule has 130 valence electrons. The summed E-state index contributed by atoms with van der Waals surface area (Å²) in [5, 5.41) is 5.36. The van der Waals surface area contributed by atoms with Crippen LogP contribution in [0.3, 0.4) is 0 Å². The summed E-state index contributed by atoms with van der Waals surface area (Å²) in [7, 11) is 0. The monoisotopic (exact) mass is 428 g/mol. The molecule has 2 heteroatoms. The molecule has 0 spiro atoms. The molecule has 0 saturated heterocycles. The quantitative estimate of drug-likeness (QED) is 0.232. The molecule has 5 aromatic rings. The van der Waals surface area contributed by atoms with Crippen LogP contribution in [-0.4, -0.2) is 0 Å². The molecule has 1 aromatic heterocycles. The molecule has 0 radical (unpaired) electrons. The van der Waals surface area contributed by atoms with Crippen molar-refractivity contribution in [2.45, 2.75) is 19.3 Å². The predicted molar refractivity (Wildman–Crippen MR) is 122 cm³/mol. The smallest absolute Gasteiger partial charge is 0.0434 e. The number of rotatable bonds is 0. The Morgan fingerprint density at radius 1 is 0.704 bits per heavy atom. The third kappa shape index (κ3) is 1.93. The molecule has 0 bridgehead atoms. The first-order valence-corrected chi connectivity index (χ1v) is 10.8. The van der Waals surface area contributed by atoms with Crippen LogP contribution in [0.1, 0.15) is 25.0 Å². The number of thiophene rings is 1. The maximum Gasteiger partial charge on any atom is 0.0434 e. The molecule has 0 saturated carbocycles. The van der Waals surface area contributed by atoms with Gasteiger partial charge in [-0.2, -0.15) is 0 Å². The molecule has 6 rings (SSSR count). The van der Waals surface area contributed by atoms with Crippen LogP contribution >= 0.6 is 27.3 Å². The Hall–Kier alpha value is -2.16. The van der Waals surface area contributed by atoms with Crippen molar-refractivity contribution in [1.29, 1.82) is 0 Å². The first kappa shape index (κ1) is 15.9. The molecular formula is C25H17BrS. The van der Waals surface area contributed by atoms with E-state index in [4.69, 9.17) is 0 Å². The highest BCUT2D eigenvalue weighted by atomic mass is 79.9. The summed E-state index contributed by atoms with van der Waals surface area (Å²) in [6, 6.07) is 24.6. The van der Waals surface area contributed by atoms with Crippen LogP contribution in [0.15, 0.2) is 71.2 Å². The first-order chi connectivity index (χ1) is 13.1. The maximum absolute atomic E-state index is 3.80. The van der Waals surface area contributed by atoms with Crippen LogP contribution in [-0.2, 0) is 5.41 Å². The number of hydrogen-bond acceptors (Lipinski definition) is 1. The van der Waals surface area contributed by atoms with Crippen molar-refractivity contribution in [3.8, 4) is 11.1 Å². The molecular weight excluding hydrogens is 412 g/mol. The van der Waals surface area contributed by atoms with Gasteiger partial charge in [0.1, 0.15) is 0 Å². The molecule has 0 atom stereocenters. The molecule has 4 aromatic carbocycles. The summed E-state index contributed by atoms with van der Waals surface area (Å²) >= 11 is 5.76. The van der Waals surface area contributed by atoms with Crippen molar-refractivity contribution >= 4 is 58.2 Å². The van der Waals surface area contributed by atoms with Gasteiger partial charge in [-0.25, -0.2) is 0 Å². The second-order valence-corrected chi connectivity index (χ2v) is 9.79. The fraction of sp³-hybridized carbons (Fsp3) is 0.120. The molecule has 0 aliphatic heterocycles. The third-order valence-electron chi connectivity index (χ3n) is 6.11. The Morgan fingerprint density at radius 3 is 2.26 bits per heavy atom. The maximum atomic E-state index is 3.80. The first-order valence-electron chi connectivity index (χ1n) is 9.24. The summed E-state index contributed by atoms with van der Waals surface area (Å²) in [6.07, 6.45) is 0. The van der Waals surface area contributed by atoms with Crippen molar-refractivity contribution in [1.82, 2.24) is 0 Å². The number of halogens is 1. The Kier molecular flexibility index (Phi) is 3.06.